The van der Waals surface area contributed by atoms with E-state index in [4.69, 9.17) is 18.9 Å². The summed E-state index contributed by atoms with van der Waals surface area (Å²) in [7, 11) is -0.758. The molecule has 41 heavy (non-hydrogen) atoms. The predicted molar refractivity (Wildman–Crippen MR) is 155 cm³/mol. The number of hydrogen-bond acceptors (Lipinski definition) is 8. The van der Waals surface area contributed by atoms with Gasteiger partial charge in [-0.25, -0.2) is 8.42 Å². The quantitative estimate of drug-likeness (QED) is 0.352. The molecule has 0 aliphatic carbocycles. The summed E-state index contributed by atoms with van der Waals surface area (Å²) >= 11 is 0. The molecule has 1 atom stereocenters. The summed E-state index contributed by atoms with van der Waals surface area (Å²) < 4.78 is 48.3. The number of benzene rings is 3. The molecule has 0 fully saturated rings. The first-order chi connectivity index (χ1) is 19.6. The van der Waals surface area contributed by atoms with E-state index in [1.165, 1.54) is 13.0 Å². The highest BCUT2D eigenvalue weighted by Gasteiger charge is 2.31. The molecule has 11 nitrogen and oxygen atoms in total. The van der Waals surface area contributed by atoms with Crippen LogP contribution < -0.4 is 33.9 Å². The molecule has 3 aromatic rings. The number of rotatable bonds is 11. The van der Waals surface area contributed by atoms with Crippen LogP contribution in [-0.2, 0) is 21.2 Å². The molecule has 0 unspecified atom stereocenters. The maximum absolute atomic E-state index is 13.3. The van der Waals surface area contributed by atoms with Crippen molar-refractivity contribution in [1.82, 2.24) is 5.32 Å². The molecule has 2 amide bonds. The Kier molecular flexibility index (Phi) is 9.23. The number of para-hydroxylation sites is 1. The smallest absolute Gasteiger partial charge is 0.253 e. The van der Waals surface area contributed by atoms with Crippen LogP contribution in [0.2, 0.25) is 0 Å². The van der Waals surface area contributed by atoms with Gasteiger partial charge in [0.1, 0.15) is 19.3 Å². The van der Waals surface area contributed by atoms with E-state index in [-0.39, 0.29) is 22.8 Å². The van der Waals surface area contributed by atoms with Crippen molar-refractivity contribution in [2.45, 2.75) is 19.4 Å². The highest BCUT2D eigenvalue weighted by atomic mass is 32.2. The van der Waals surface area contributed by atoms with Gasteiger partial charge in [-0.15, -0.1) is 0 Å². The normalized spacial score (nSPS) is 13.1. The average Bonchev–Trinajstić information content (AvgIpc) is 2.96. The van der Waals surface area contributed by atoms with Crippen LogP contribution >= 0.6 is 0 Å². The van der Waals surface area contributed by atoms with Crippen LogP contribution in [0.15, 0.2) is 60.7 Å². The predicted octanol–water partition coefficient (Wildman–Crippen LogP) is 3.24. The number of carbonyl (C=O) groups excluding carboxylic acids is 2. The van der Waals surface area contributed by atoms with Gasteiger partial charge in [-0.1, -0.05) is 18.2 Å². The topological polar surface area (TPSA) is 132 Å². The Morgan fingerprint density at radius 3 is 2.37 bits per heavy atom. The molecule has 218 valence electrons. The second-order valence-electron chi connectivity index (χ2n) is 9.29. The molecule has 1 aliphatic rings. The van der Waals surface area contributed by atoms with Gasteiger partial charge < -0.3 is 29.6 Å². The molecule has 0 saturated heterocycles. The Morgan fingerprint density at radius 1 is 0.951 bits per heavy atom. The molecule has 0 spiro atoms. The number of anilines is 2. The number of amides is 2. The summed E-state index contributed by atoms with van der Waals surface area (Å²) in [5, 5.41) is 5.58. The zero-order valence-electron chi connectivity index (χ0n) is 23.3. The standard InChI is InChI=1S/C29H33N3O8S/c1-19(32(41(4,35)36)21-10-12-25-27(18-21)40-16-15-39-25)28(33)31-23-8-6-5-7-22(23)29(34)30-14-13-20-9-11-24(37-2)26(17-20)38-3/h5-12,17-19H,13-16H2,1-4H3,(H,30,34)(H,31,33)/t19-/m0/s1. The van der Waals surface area contributed by atoms with Crippen LogP contribution in [0.4, 0.5) is 11.4 Å². The minimum Gasteiger partial charge on any atom is -0.493 e. The summed E-state index contributed by atoms with van der Waals surface area (Å²) in [4.78, 5) is 26.4. The fraction of sp³-hybridized carbons (Fsp3) is 0.310. The van der Waals surface area contributed by atoms with Gasteiger partial charge in [0.25, 0.3) is 5.91 Å². The van der Waals surface area contributed by atoms with E-state index in [1.54, 1.807) is 56.7 Å². The summed E-state index contributed by atoms with van der Waals surface area (Å²) in [6.45, 7) is 2.53. The van der Waals surface area contributed by atoms with Gasteiger partial charge in [-0.05, 0) is 55.3 Å². The molecule has 12 heteroatoms. The van der Waals surface area contributed by atoms with Crippen molar-refractivity contribution in [1.29, 1.82) is 0 Å². The van der Waals surface area contributed by atoms with Gasteiger partial charge in [0.15, 0.2) is 23.0 Å². The lowest BCUT2D eigenvalue weighted by atomic mass is 10.1. The lowest BCUT2D eigenvalue weighted by Gasteiger charge is -2.29. The Bertz CT molecular complexity index is 1530. The van der Waals surface area contributed by atoms with Crippen LogP contribution in [0, 0.1) is 0 Å². The summed E-state index contributed by atoms with van der Waals surface area (Å²) in [5.41, 5.74) is 1.69. The second-order valence-corrected chi connectivity index (χ2v) is 11.2. The molecule has 0 saturated carbocycles. The Morgan fingerprint density at radius 2 is 1.66 bits per heavy atom. The van der Waals surface area contributed by atoms with E-state index >= 15 is 0 Å². The van der Waals surface area contributed by atoms with Crippen LogP contribution in [0.25, 0.3) is 0 Å². The van der Waals surface area contributed by atoms with Gasteiger partial charge >= 0.3 is 0 Å². The largest absolute Gasteiger partial charge is 0.493 e. The van der Waals surface area contributed by atoms with Crippen LogP contribution in [0.1, 0.15) is 22.8 Å². The number of methoxy groups -OCH3 is 2. The van der Waals surface area contributed by atoms with E-state index in [2.05, 4.69) is 10.6 Å². The molecule has 2 N–H and O–H groups in total. The number of nitrogens with one attached hydrogen (secondary N) is 2. The molecule has 1 aliphatic heterocycles. The maximum Gasteiger partial charge on any atom is 0.253 e. The lowest BCUT2D eigenvalue weighted by molar-refractivity contribution is -0.116. The maximum atomic E-state index is 13.3. The van der Waals surface area contributed by atoms with E-state index in [0.29, 0.717) is 49.2 Å². The number of nitrogens with zero attached hydrogens (tertiary/aromatic N) is 1. The van der Waals surface area contributed by atoms with E-state index < -0.39 is 22.0 Å². The zero-order valence-corrected chi connectivity index (χ0v) is 24.1. The SMILES string of the molecule is COc1ccc(CCNC(=O)c2ccccc2NC(=O)[C@H](C)N(c2ccc3c(c2)OCCO3)S(C)(=O)=O)cc1OC. The Balaban J connectivity index is 1.46. The summed E-state index contributed by atoms with van der Waals surface area (Å²) in [5.74, 6) is 1.10. The van der Waals surface area contributed by atoms with Gasteiger partial charge in [-0.2, -0.15) is 0 Å². The first-order valence-corrected chi connectivity index (χ1v) is 14.7. The molecule has 1 heterocycles. The van der Waals surface area contributed by atoms with E-state index in [0.717, 1.165) is 16.1 Å². The first kappa shape index (κ1) is 29.5. The minimum absolute atomic E-state index is 0.241. The van der Waals surface area contributed by atoms with Gasteiger partial charge in [0, 0.05) is 12.6 Å². The van der Waals surface area contributed by atoms with Crippen LogP contribution in [0.5, 0.6) is 23.0 Å². The molecule has 4 rings (SSSR count). The highest BCUT2D eigenvalue weighted by Crippen LogP contribution is 2.35. The van der Waals surface area contributed by atoms with Gasteiger partial charge in [0.05, 0.1) is 37.4 Å². The molecular formula is C29H33N3O8S. The molecule has 0 aromatic heterocycles. The first-order valence-electron chi connectivity index (χ1n) is 12.9. The van der Waals surface area contributed by atoms with Crippen molar-refractivity contribution >= 4 is 33.2 Å². The van der Waals surface area contributed by atoms with Crippen LogP contribution in [0.3, 0.4) is 0 Å². The molecule has 0 bridgehead atoms. The Hall–Kier alpha value is -4.45. The highest BCUT2D eigenvalue weighted by molar-refractivity contribution is 7.92. The third-order valence-electron chi connectivity index (χ3n) is 6.45. The third-order valence-corrected chi connectivity index (χ3v) is 7.69. The van der Waals surface area contributed by atoms with E-state index in [9.17, 15) is 18.0 Å². The average molecular weight is 584 g/mol. The van der Waals surface area contributed by atoms with Crippen molar-refractivity contribution < 1.29 is 37.0 Å². The lowest BCUT2D eigenvalue weighted by Crippen LogP contribution is -2.45. The van der Waals surface area contributed by atoms with Gasteiger partial charge in [-0.3, -0.25) is 13.9 Å². The number of sulfonamides is 1. The van der Waals surface area contributed by atoms with Crippen molar-refractivity contribution in [3.05, 3.63) is 71.8 Å². The minimum atomic E-state index is -3.88. The molecule has 3 aromatic carbocycles. The van der Waals surface area contributed by atoms with Crippen molar-refractivity contribution in [3.8, 4) is 23.0 Å². The van der Waals surface area contributed by atoms with Crippen molar-refractivity contribution in [2.24, 2.45) is 0 Å². The Labute approximate surface area is 239 Å². The summed E-state index contributed by atoms with van der Waals surface area (Å²) in [6, 6.07) is 15.6. The monoisotopic (exact) mass is 583 g/mol. The molecule has 0 radical (unpaired) electrons. The van der Waals surface area contributed by atoms with Crippen molar-refractivity contribution in [3.63, 3.8) is 0 Å². The number of ether oxygens (including phenoxy) is 4. The van der Waals surface area contributed by atoms with Crippen molar-refractivity contribution in [2.75, 3.05) is 49.9 Å². The van der Waals surface area contributed by atoms with E-state index in [1.807, 2.05) is 12.1 Å². The third kappa shape index (κ3) is 7.01. The van der Waals surface area contributed by atoms with Crippen LogP contribution in [-0.4, -0.2) is 66.5 Å². The number of hydrogen-bond donors (Lipinski definition) is 2. The summed E-state index contributed by atoms with van der Waals surface area (Å²) in [6.07, 6.45) is 1.56. The van der Waals surface area contributed by atoms with Gasteiger partial charge in [0.2, 0.25) is 15.9 Å². The number of fused-ring (bicyclic) bond motifs is 1. The number of carbonyl (C=O) groups is 2. The molecular weight excluding hydrogens is 550 g/mol. The zero-order chi connectivity index (χ0) is 29.6. The fourth-order valence-corrected chi connectivity index (χ4v) is 5.62. The second kappa shape index (κ2) is 12.8. The fourth-order valence-electron chi connectivity index (χ4n) is 4.46.